The summed E-state index contributed by atoms with van der Waals surface area (Å²) in [6.07, 6.45) is 3.47. The molecule has 6 rings (SSSR count). The zero-order valence-electron chi connectivity index (χ0n) is 15.9. The van der Waals surface area contributed by atoms with Crippen molar-refractivity contribution in [3.8, 4) is 11.7 Å². The smallest absolute Gasteiger partial charge is 0.328 e. The molecule has 5 aromatic rings. The standard InChI is InChI=1S/C21H14F2N6O2/c22-11-7-12-16(5-6-31-18(12)13(23)8-11)29-19-15(26-21(29)30)9-24-20(27-19)28-10-25-14-3-1-2-4-17(14)28/h1-4,7-10,16H,5-6H2,(H,26,30)/t16-/m0/s1. The average Bonchev–Trinajstić information content (AvgIpc) is 3.33. The van der Waals surface area contributed by atoms with Crippen LogP contribution in [0.2, 0.25) is 0 Å². The van der Waals surface area contributed by atoms with E-state index in [1.165, 1.54) is 16.8 Å². The van der Waals surface area contributed by atoms with Crippen LogP contribution in [-0.4, -0.2) is 35.7 Å². The van der Waals surface area contributed by atoms with Crippen molar-refractivity contribution >= 4 is 22.2 Å². The number of hydrogen-bond donors (Lipinski definition) is 1. The van der Waals surface area contributed by atoms with Crippen molar-refractivity contribution in [1.82, 2.24) is 29.1 Å². The van der Waals surface area contributed by atoms with Gasteiger partial charge in [0.15, 0.2) is 17.2 Å². The third-order valence-electron chi connectivity index (χ3n) is 5.46. The first-order valence-corrected chi connectivity index (χ1v) is 9.61. The van der Waals surface area contributed by atoms with Gasteiger partial charge in [-0.1, -0.05) is 12.1 Å². The molecule has 3 aromatic heterocycles. The summed E-state index contributed by atoms with van der Waals surface area (Å²) in [4.78, 5) is 28.8. The van der Waals surface area contributed by atoms with E-state index < -0.39 is 23.4 Å². The molecule has 0 fully saturated rings. The molecule has 1 aliphatic heterocycles. The van der Waals surface area contributed by atoms with Crippen molar-refractivity contribution in [1.29, 1.82) is 0 Å². The van der Waals surface area contributed by atoms with Crippen LogP contribution in [-0.2, 0) is 0 Å². The Kier molecular flexibility index (Phi) is 3.70. The Bertz CT molecular complexity index is 1540. The molecule has 154 valence electrons. The SMILES string of the molecule is O=c1[nH]c2cnc(-n3cnc4ccccc43)nc2n1[C@H]1CCOc2c(F)cc(F)cc21. The molecule has 31 heavy (non-hydrogen) atoms. The molecule has 1 atom stereocenters. The van der Waals surface area contributed by atoms with Crippen LogP contribution in [0.5, 0.6) is 5.75 Å². The molecule has 0 bridgehead atoms. The molecule has 1 N–H and O–H groups in total. The van der Waals surface area contributed by atoms with E-state index in [9.17, 15) is 13.6 Å². The Morgan fingerprint density at radius 2 is 2.03 bits per heavy atom. The summed E-state index contributed by atoms with van der Waals surface area (Å²) >= 11 is 0. The fraction of sp³-hybridized carbons (Fsp3) is 0.143. The fourth-order valence-corrected chi connectivity index (χ4v) is 4.11. The molecule has 0 amide bonds. The highest BCUT2D eigenvalue weighted by Crippen LogP contribution is 2.37. The Hall–Kier alpha value is -4.08. The van der Waals surface area contributed by atoms with Crippen molar-refractivity contribution in [2.45, 2.75) is 12.5 Å². The number of para-hydroxylation sites is 2. The van der Waals surface area contributed by atoms with E-state index in [0.29, 0.717) is 23.5 Å². The second-order valence-electron chi connectivity index (χ2n) is 7.27. The van der Waals surface area contributed by atoms with Gasteiger partial charge in [0.2, 0.25) is 5.95 Å². The zero-order valence-corrected chi connectivity index (χ0v) is 15.9. The number of benzene rings is 2. The van der Waals surface area contributed by atoms with Crippen molar-refractivity contribution in [2.24, 2.45) is 0 Å². The molecule has 0 aliphatic carbocycles. The maximum absolute atomic E-state index is 14.3. The van der Waals surface area contributed by atoms with E-state index in [1.807, 2.05) is 24.3 Å². The lowest BCUT2D eigenvalue weighted by Crippen LogP contribution is -2.28. The third kappa shape index (κ3) is 2.64. The van der Waals surface area contributed by atoms with E-state index in [4.69, 9.17) is 4.74 Å². The summed E-state index contributed by atoms with van der Waals surface area (Å²) < 4.78 is 36.7. The number of halogens is 2. The molecule has 4 heterocycles. The van der Waals surface area contributed by atoms with E-state index in [1.54, 1.807) is 10.9 Å². The van der Waals surface area contributed by atoms with Crippen LogP contribution in [0.1, 0.15) is 18.0 Å². The van der Waals surface area contributed by atoms with Crippen LogP contribution in [0.25, 0.3) is 28.1 Å². The topological polar surface area (TPSA) is 90.6 Å². The van der Waals surface area contributed by atoms with Gasteiger partial charge in [-0.15, -0.1) is 0 Å². The third-order valence-corrected chi connectivity index (χ3v) is 5.46. The van der Waals surface area contributed by atoms with Gasteiger partial charge < -0.3 is 9.72 Å². The van der Waals surface area contributed by atoms with Crippen LogP contribution < -0.4 is 10.4 Å². The molecule has 2 aromatic carbocycles. The second-order valence-corrected chi connectivity index (χ2v) is 7.27. The summed E-state index contributed by atoms with van der Waals surface area (Å²) in [5.74, 6) is -1.26. The van der Waals surface area contributed by atoms with E-state index in [2.05, 4.69) is 19.9 Å². The highest BCUT2D eigenvalue weighted by atomic mass is 19.1. The normalized spacial score (nSPS) is 15.9. The van der Waals surface area contributed by atoms with Crippen molar-refractivity contribution in [3.05, 3.63) is 76.6 Å². The maximum Gasteiger partial charge on any atom is 0.328 e. The van der Waals surface area contributed by atoms with Gasteiger partial charge in [0.1, 0.15) is 17.7 Å². The number of nitrogens with zero attached hydrogens (tertiary/aromatic N) is 5. The molecular formula is C21H14F2N6O2. The predicted molar refractivity (Wildman–Crippen MR) is 107 cm³/mol. The van der Waals surface area contributed by atoms with Crippen molar-refractivity contribution in [2.75, 3.05) is 6.61 Å². The molecule has 0 saturated carbocycles. The number of aromatic nitrogens is 6. The highest BCUT2D eigenvalue weighted by Gasteiger charge is 2.30. The summed E-state index contributed by atoms with van der Waals surface area (Å²) in [7, 11) is 0. The average molecular weight is 420 g/mol. The first-order chi connectivity index (χ1) is 15.1. The number of ether oxygens (including phenoxy) is 1. The fourth-order valence-electron chi connectivity index (χ4n) is 4.11. The van der Waals surface area contributed by atoms with Crippen LogP contribution in [0.15, 0.2) is 53.7 Å². The van der Waals surface area contributed by atoms with Crippen LogP contribution in [0.4, 0.5) is 8.78 Å². The summed E-state index contributed by atoms with van der Waals surface area (Å²) in [6, 6.07) is 8.85. The number of nitrogens with one attached hydrogen (secondary N) is 1. The predicted octanol–water partition coefficient (Wildman–Crippen LogP) is 3.11. The Labute approximate surface area is 172 Å². The Morgan fingerprint density at radius 3 is 2.94 bits per heavy atom. The largest absolute Gasteiger partial charge is 0.490 e. The van der Waals surface area contributed by atoms with Crippen molar-refractivity contribution < 1.29 is 13.5 Å². The summed E-state index contributed by atoms with van der Waals surface area (Å²) in [6.45, 7) is 0.184. The Morgan fingerprint density at radius 1 is 1.16 bits per heavy atom. The molecule has 0 unspecified atom stereocenters. The number of H-pyrrole nitrogens is 1. The zero-order chi connectivity index (χ0) is 21.1. The molecule has 1 aliphatic rings. The first kappa shape index (κ1) is 17.8. The van der Waals surface area contributed by atoms with Gasteiger partial charge in [0, 0.05) is 18.1 Å². The number of rotatable bonds is 2. The summed E-state index contributed by atoms with van der Waals surface area (Å²) in [5.41, 5.74) is 2.16. The number of hydrogen-bond acceptors (Lipinski definition) is 5. The van der Waals surface area contributed by atoms with Crippen LogP contribution in [0.3, 0.4) is 0 Å². The second kappa shape index (κ2) is 6.46. The lowest BCUT2D eigenvalue weighted by atomic mass is 10.00. The highest BCUT2D eigenvalue weighted by molar-refractivity contribution is 5.77. The van der Waals surface area contributed by atoms with E-state index >= 15 is 0 Å². The van der Waals surface area contributed by atoms with Gasteiger partial charge in [-0.25, -0.2) is 23.5 Å². The number of aromatic amines is 1. The maximum atomic E-state index is 14.3. The van der Waals surface area contributed by atoms with Crippen molar-refractivity contribution in [3.63, 3.8) is 0 Å². The lowest BCUT2D eigenvalue weighted by Gasteiger charge is -2.27. The van der Waals surface area contributed by atoms with E-state index in [-0.39, 0.29) is 17.9 Å². The summed E-state index contributed by atoms with van der Waals surface area (Å²) in [5, 5.41) is 0. The van der Waals surface area contributed by atoms with Gasteiger partial charge in [0.25, 0.3) is 0 Å². The van der Waals surface area contributed by atoms with Gasteiger partial charge in [-0.05, 0) is 18.2 Å². The van der Waals surface area contributed by atoms with Gasteiger partial charge in [0.05, 0.1) is 29.9 Å². The first-order valence-electron chi connectivity index (χ1n) is 9.61. The minimum Gasteiger partial charge on any atom is -0.490 e. The van der Waals surface area contributed by atoms with E-state index in [0.717, 1.165) is 17.1 Å². The molecule has 10 heteroatoms. The minimum atomic E-state index is -0.798. The Balaban J connectivity index is 1.57. The molecule has 0 spiro atoms. The monoisotopic (exact) mass is 420 g/mol. The van der Waals surface area contributed by atoms with Gasteiger partial charge >= 0.3 is 5.69 Å². The minimum absolute atomic E-state index is 0.0474. The quantitative estimate of drug-likeness (QED) is 0.474. The number of imidazole rings is 2. The number of fused-ring (bicyclic) bond motifs is 3. The van der Waals surface area contributed by atoms with Gasteiger partial charge in [-0.3, -0.25) is 9.13 Å². The lowest BCUT2D eigenvalue weighted by molar-refractivity contribution is 0.242. The molecule has 0 radical (unpaired) electrons. The van der Waals surface area contributed by atoms with Crippen LogP contribution >= 0.6 is 0 Å². The molecule has 8 nitrogen and oxygen atoms in total. The van der Waals surface area contributed by atoms with Gasteiger partial charge in [-0.2, -0.15) is 4.98 Å². The molecular weight excluding hydrogens is 406 g/mol. The van der Waals surface area contributed by atoms with Crippen LogP contribution in [0, 0.1) is 11.6 Å². The molecule has 0 saturated heterocycles.